The van der Waals surface area contributed by atoms with E-state index in [9.17, 15) is 4.79 Å². The fourth-order valence-electron chi connectivity index (χ4n) is 2.38. The molecule has 0 aliphatic rings. The minimum absolute atomic E-state index is 0.209. The van der Waals surface area contributed by atoms with Crippen molar-refractivity contribution in [2.75, 3.05) is 10.6 Å². The number of aromatic nitrogens is 1. The third-order valence-corrected chi connectivity index (χ3v) is 4.10. The maximum Gasteiger partial charge on any atom is 0.257 e. The monoisotopic (exact) mass is 351 g/mol. The Morgan fingerprint density at radius 1 is 1.04 bits per heavy atom. The van der Waals surface area contributed by atoms with E-state index in [4.69, 9.17) is 11.6 Å². The molecule has 1 aromatic heterocycles. The van der Waals surface area contributed by atoms with Gasteiger partial charge in [0, 0.05) is 11.9 Å². The number of anilines is 3. The molecule has 0 saturated carbocycles. The lowest BCUT2D eigenvalue weighted by Crippen LogP contribution is -2.12. The molecule has 0 atom stereocenters. The maximum atomic E-state index is 12.4. The average Bonchev–Trinajstić information content (AvgIpc) is 2.64. The first-order valence-electron chi connectivity index (χ1n) is 8.02. The van der Waals surface area contributed by atoms with E-state index < -0.39 is 0 Å². The molecule has 3 aromatic rings. The summed E-state index contributed by atoms with van der Waals surface area (Å²) in [6.07, 6.45) is 4.15. The number of halogens is 1. The average molecular weight is 352 g/mol. The van der Waals surface area contributed by atoms with E-state index in [1.807, 2.05) is 42.5 Å². The number of amides is 1. The number of pyridine rings is 1. The molecule has 1 heterocycles. The van der Waals surface area contributed by atoms with Gasteiger partial charge in [0.1, 0.15) is 0 Å². The number of carbonyl (C=O) groups excluding carboxylic acids is 1. The molecule has 5 heteroatoms. The van der Waals surface area contributed by atoms with E-state index in [0.29, 0.717) is 16.3 Å². The highest BCUT2D eigenvalue weighted by Gasteiger charge is 2.08. The Kier molecular flexibility index (Phi) is 5.31. The molecule has 0 spiro atoms. The molecule has 1 amide bonds. The molecule has 0 bridgehead atoms. The molecular formula is C20H18ClN3O. The van der Waals surface area contributed by atoms with Gasteiger partial charge < -0.3 is 10.6 Å². The van der Waals surface area contributed by atoms with Gasteiger partial charge >= 0.3 is 0 Å². The van der Waals surface area contributed by atoms with Crippen molar-refractivity contribution in [2.24, 2.45) is 0 Å². The number of benzene rings is 2. The van der Waals surface area contributed by atoms with Crippen molar-refractivity contribution >= 4 is 34.6 Å². The van der Waals surface area contributed by atoms with E-state index in [1.165, 1.54) is 11.8 Å². The van der Waals surface area contributed by atoms with Crippen molar-refractivity contribution in [1.82, 2.24) is 4.98 Å². The van der Waals surface area contributed by atoms with Gasteiger partial charge in [0.2, 0.25) is 0 Å². The van der Waals surface area contributed by atoms with E-state index >= 15 is 0 Å². The predicted molar refractivity (Wildman–Crippen MR) is 103 cm³/mol. The summed E-state index contributed by atoms with van der Waals surface area (Å²) in [6.45, 7) is 2.09. The van der Waals surface area contributed by atoms with Crippen molar-refractivity contribution in [3.63, 3.8) is 0 Å². The van der Waals surface area contributed by atoms with Gasteiger partial charge in [-0.3, -0.25) is 9.78 Å². The van der Waals surface area contributed by atoms with Crippen LogP contribution in [0.2, 0.25) is 5.02 Å². The second kappa shape index (κ2) is 7.81. The van der Waals surface area contributed by atoms with Crippen LogP contribution in [0, 0.1) is 0 Å². The Hall–Kier alpha value is -2.85. The lowest BCUT2D eigenvalue weighted by Gasteiger charge is -2.10. The zero-order chi connectivity index (χ0) is 17.6. The molecule has 2 aromatic carbocycles. The topological polar surface area (TPSA) is 54.0 Å². The van der Waals surface area contributed by atoms with Gasteiger partial charge in [-0.05, 0) is 42.3 Å². The van der Waals surface area contributed by atoms with Crippen LogP contribution >= 0.6 is 11.6 Å². The fraction of sp³-hybridized carbons (Fsp3) is 0.100. The fourth-order valence-corrected chi connectivity index (χ4v) is 2.56. The number of hydrogen-bond acceptors (Lipinski definition) is 3. The first kappa shape index (κ1) is 17.0. The van der Waals surface area contributed by atoms with Crippen LogP contribution in [0.15, 0.2) is 67.0 Å². The molecule has 2 N–H and O–H groups in total. The van der Waals surface area contributed by atoms with Gasteiger partial charge in [-0.1, -0.05) is 42.8 Å². The number of nitrogens with zero attached hydrogens (tertiary/aromatic N) is 1. The van der Waals surface area contributed by atoms with Crippen molar-refractivity contribution in [3.05, 3.63) is 83.1 Å². The van der Waals surface area contributed by atoms with Gasteiger partial charge in [0.15, 0.2) is 0 Å². The van der Waals surface area contributed by atoms with Crippen LogP contribution in [0.5, 0.6) is 0 Å². The van der Waals surface area contributed by atoms with Crippen molar-refractivity contribution in [2.45, 2.75) is 13.3 Å². The summed E-state index contributed by atoms with van der Waals surface area (Å²) in [5.41, 5.74) is 3.91. The molecule has 0 aliphatic carbocycles. The standard InChI is InChI=1S/C20H18ClN3O/c1-2-14-7-9-16(10-8-14)24-20(25)15-11-17(13-22-12-15)23-19-6-4-3-5-18(19)21/h3-13,23H,2H2,1H3,(H,24,25). The second-order valence-electron chi connectivity index (χ2n) is 5.57. The summed E-state index contributed by atoms with van der Waals surface area (Å²) in [5, 5.41) is 6.66. The molecular weight excluding hydrogens is 334 g/mol. The Bertz CT molecular complexity index is 878. The van der Waals surface area contributed by atoms with E-state index in [-0.39, 0.29) is 5.91 Å². The quantitative estimate of drug-likeness (QED) is 0.656. The SMILES string of the molecule is CCc1ccc(NC(=O)c2cncc(Nc3ccccc3Cl)c2)cc1. The van der Waals surface area contributed by atoms with Crippen molar-refractivity contribution in [3.8, 4) is 0 Å². The van der Waals surface area contributed by atoms with Gasteiger partial charge in [-0.25, -0.2) is 0 Å². The summed E-state index contributed by atoms with van der Waals surface area (Å²) in [4.78, 5) is 16.6. The summed E-state index contributed by atoms with van der Waals surface area (Å²) in [7, 11) is 0. The molecule has 25 heavy (non-hydrogen) atoms. The third-order valence-electron chi connectivity index (χ3n) is 3.77. The van der Waals surface area contributed by atoms with Crippen molar-refractivity contribution < 1.29 is 4.79 Å². The second-order valence-corrected chi connectivity index (χ2v) is 5.98. The summed E-state index contributed by atoms with van der Waals surface area (Å²) < 4.78 is 0. The van der Waals surface area contributed by atoms with Crippen LogP contribution in [0.1, 0.15) is 22.8 Å². The molecule has 0 unspecified atom stereocenters. The number of para-hydroxylation sites is 1. The van der Waals surface area contributed by atoms with Gasteiger partial charge in [-0.2, -0.15) is 0 Å². The van der Waals surface area contributed by atoms with Crippen LogP contribution in [0.4, 0.5) is 17.1 Å². The predicted octanol–water partition coefficient (Wildman–Crippen LogP) is 5.29. The summed E-state index contributed by atoms with van der Waals surface area (Å²) in [6, 6.07) is 17.0. The maximum absolute atomic E-state index is 12.4. The molecule has 126 valence electrons. The largest absolute Gasteiger partial charge is 0.353 e. The lowest BCUT2D eigenvalue weighted by molar-refractivity contribution is 0.102. The zero-order valence-corrected chi connectivity index (χ0v) is 14.5. The van der Waals surface area contributed by atoms with Crippen LogP contribution in [-0.4, -0.2) is 10.9 Å². The van der Waals surface area contributed by atoms with Gasteiger partial charge in [0.05, 0.1) is 28.2 Å². The molecule has 0 aliphatic heterocycles. The van der Waals surface area contributed by atoms with Crippen molar-refractivity contribution in [1.29, 1.82) is 0 Å². The first-order valence-corrected chi connectivity index (χ1v) is 8.40. The molecule has 4 nitrogen and oxygen atoms in total. The smallest absolute Gasteiger partial charge is 0.257 e. The number of rotatable bonds is 5. The highest BCUT2D eigenvalue weighted by atomic mass is 35.5. The highest BCUT2D eigenvalue weighted by molar-refractivity contribution is 6.33. The lowest BCUT2D eigenvalue weighted by atomic mass is 10.1. The number of carbonyl (C=O) groups is 1. The minimum Gasteiger partial charge on any atom is -0.353 e. The van der Waals surface area contributed by atoms with Crippen LogP contribution in [-0.2, 0) is 6.42 Å². The Labute approximate surface area is 151 Å². The first-order chi connectivity index (χ1) is 12.2. The molecule has 0 radical (unpaired) electrons. The summed E-state index contributed by atoms with van der Waals surface area (Å²) in [5.74, 6) is -0.209. The third kappa shape index (κ3) is 4.37. The van der Waals surface area contributed by atoms with Crippen LogP contribution < -0.4 is 10.6 Å². The van der Waals surface area contributed by atoms with Crippen LogP contribution in [0.3, 0.4) is 0 Å². The Balaban J connectivity index is 1.74. The van der Waals surface area contributed by atoms with Crippen LogP contribution in [0.25, 0.3) is 0 Å². The normalized spacial score (nSPS) is 10.3. The number of aryl methyl sites for hydroxylation is 1. The molecule has 0 saturated heterocycles. The highest BCUT2D eigenvalue weighted by Crippen LogP contribution is 2.25. The van der Waals surface area contributed by atoms with Gasteiger partial charge in [0.25, 0.3) is 5.91 Å². The summed E-state index contributed by atoms with van der Waals surface area (Å²) >= 11 is 6.15. The zero-order valence-electron chi connectivity index (χ0n) is 13.8. The number of hydrogen-bond donors (Lipinski definition) is 2. The van der Waals surface area contributed by atoms with Gasteiger partial charge in [-0.15, -0.1) is 0 Å². The van der Waals surface area contributed by atoms with E-state index in [1.54, 1.807) is 18.3 Å². The van der Waals surface area contributed by atoms with E-state index in [0.717, 1.165) is 17.8 Å². The Morgan fingerprint density at radius 3 is 2.52 bits per heavy atom. The molecule has 0 fully saturated rings. The Morgan fingerprint density at radius 2 is 1.80 bits per heavy atom. The minimum atomic E-state index is -0.209. The number of nitrogens with one attached hydrogen (secondary N) is 2. The van der Waals surface area contributed by atoms with E-state index in [2.05, 4.69) is 22.5 Å². The molecule has 3 rings (SSSR count).